The van der Waals surface area contributed by atoms with Crippen molar-refractivity contribution in [2.75, 3.05) is 7.11 Å². The van der Waals surface area contributed by atoms with Gasteiger partial charge in [-0.1, -0.05) is 0 Å². The van der Waals surface area contributed by atoms with Crippen molar-refractivity contribution in [2.24, 2.45) is 5.73 Å². The van der Waals surface area contributed by atoms with Gasteiger partial charge in [0.15, 0.2) is 5.69 Å². The minimum atomic E-state index is -0.531. The molecular weight excluding hydrogens is 286 g/mol. The number of allylic oxidation sites excluding steroid dienone is 2. The minimum absolute atomic E-state index is 0.273. The van der Waals surface area contributed by atoms with Crippen molar-refractivity contribution in [1.82, 2.24) is 10.2 Å². The van der Waals surface area contributed by atoms with Gasteiger partial charge in [0, 0.05) is 16.8 Å². The molecule has 6 heteroatoms. The first-order valence-electron chi connectivity index (χ1n) is 6.56. The average molecular weight is 301 g/mol. The molecule has 2 aromatic heterocycles. The number of H-pyrrole nitrogens is 1. The number of fused-ring (bicyclic) bond motifs is 1. The Bertz CT molecular complexity index is 726. The Balaban J connectivity index is 2.20. The Morgan fingerprint density at radius 1 is 1.52 bits per heavy atom. The maximum absolute atomic E-state index is 11.5. The molecule has 0 spiro atoms. The second-order valence-electron chi connectivity index (χ2n) is 4.71. The van der Waals surface area contributed by atoms with E-state index in [2.05, 4.69) is 16.3 Å². The van der Waals surface area contributed by atoms with Gasteiger partial charge in [-0.15, -0.1) is 0 Å². The predicted octanol–water partition coefficient (Wildman–Crippen LogP) is 2.59. The molecule has 1 aliphatic rings. The highest BCUT2D eigenvalue weighted by molar-refractivity contribution is 7.08. The number of aryl methyl sites for hydroxylation is 1. The summed E-state index contributed by atoms with van der Waals surface area (Å²) in [6.45, 7) is 0. The van der Waals surface area contributed by atoms with Gasteiger partial charge in [0.2, 0.25) is 0 Å². The minimum Gasteiger partial charge on any atom is -0.496 e. The summed E-state index contributed by atoms with van der Waals surface area (Å²) in [5.41, 5.74) is 9.34. The number of hydrogen-bond donors (Lipinski definition) is 2. The Labute approximate surface area is 126 Å². The number of nitrogens with zero attached hydrogens (tertiary/aromatic N) is 1. The van der Waals surface area contributed by atoms with Crippen LogP contribution in [-0.4, -0.2) is 23.2 Å². The summed E-state index contributed by atoms with van der Waals surface area (Å²) in [6, 6.07) is 2.02. The van der Waals surface area contributed by atoms with Gasteiger partial charge in [0.05, 0.1) is 7.11 Å². The maximum atomic E-state index is 11.5. The number of methoxy groups -OCH3 is 1. The molecule has 0 aliphatic heterocycles. The van der Waals surface area contributed by atoms with Crippen molar-refractivity contribution < 1.29 is 9.53 Å². The summed E-state index contributed by atoms with van der Waals surface area (Å²) in [4.78, 5) is 11.5. The number of carbonyl (C=O) groups excluding carboxylic acids is 1. The van der Waals surface area contributed by atoms with Crippen LogP contribution in [0.5, 0.6) is 0 Å². The summed E-state index contributed by atoms with van der Waals surface area (Å²) in [5, 5.41) is 11.0. The van der Waals surface area contributed by atoms with Gasteiger partial charge in [-0.25, -0.2) is 0 Å². The molecule has 3 N–H and O–H groups in total. The van der Waals surface area contributed by atoms with E-state index in [-0.39, 0.29) is 5.69 Å². The highest BCUT2D eigenvalue weighted by atomic mass is 32.1. The summed E-state index contributed by atoms with van der Waals surface area (Å²) in [6.07, 6.45) is 5.54. The lowest BCUT2D eigenvalue weighted by Gasteiger charge is -2.13. The van der Waals surface area contributed by atoms with Gasteiger partial charge in [-0.05, 0) is 47.4 Å². The van der Waals surface area contributed by atoms with Crippen LogP contribution in [0.3, 0.4) is 0 Å². The highest BCUT2D eigenvalue weighted by Gasteiger charge is 2.20. The normalized spacial score (nSPS) is 19.5. The number of nitrogens with two attached hydrogens (primary N) is 1. The van der Waals surface area contributed by atoms with Crippen LogP contribution in [0.1, 0.15) is 33.7 Å². The van der Waals surface area contributed by atoms with Gasteiger partial charge in [-0.2, -0.15) is 16.4 Å². The summed E-state index contributed by atoms with van der Waals surface area (Å²) in [5.74, 6) is 0.271. The van der Waals surface area contributed by atoms with Crippen molar-refractivity contribution in [3.05, 3.63) is 51.2 Å². The molecule has 108 valence electrons. The third-order valence-electron chi connectivity index (χ3n) is 3.45. The van der Waals surface area contributed by atoms with E-state index in [0.717, 1.165) is 41.0 Å². The van der Waals surface area contributed by atoms with Gasteiger partial charge < -0.3 is 10.5 Å². The third-order valence-corrected chi connectivity index (χ3v) is 4.13. The molecule has 0 unspecified atom stereocenters. The number of nitrogens with one attached hydrogen (secondary N) is 1. The van der Waals surface area contributed by atoms with Crippen molar-refractivity contribution in [3.63, 3.8) is 0 Å². The van der Waals surface area contributed by atoms with Crippen LogP contribution in [0.25, 0.3) is 11.6 Å². The highest BCUT2D eigenvalue weighted by Crippen LogP contribution is 2.32. The molecule has 3 rings (SSSR count). The van der Waals surface area contributed by atoms with E-state index < -0.39 is 5.91 Å². The van der Waals surface area contributed by atoms with Crippen LogP contribution in [-0.2, 0) is 11.2 Å². The van der Waals surface area contributed by atoms with Crippen molar-refractivity contribution >= 4 is 28.9 Å². The third kappa shape index (κ3) is 2.50. The molecule has 2 aromatic rings. The zero-order valence-corrected chi connectivity index (χ0v) is 12.4. The maximum Gasteiger partial charge on any atom is 0.269 e. The second-order valence-corrected chi connectivity index (χ2v) is 5.49. The molecule has 0 saturated heterocycles. The van der Waals surface area contributed by atoms with Gasteiger partial charge in [-0.3, -0.25) is 9.89 Å². The lowest BCUT2D eigenvalue weighted by atomic mass is 9.97. The smallest absolute Gasteiger partial charge is 0.269 e. The molecule has 0 atom stereocenters. The van der Waals surface area contributed by atoms with Crippen LogP contribution in [0.15, 0.2) is 28.7 Å². The standard InChI is InChI=1S/C15H15N3O2S/c1-20-13-4-2-3-12-11(14(15(16)19)18-17-12)7-10(13)9-5-6-21-8-9/h4-8H,2-3H2,1H3,(H2,16,19)(H,17,18)/b10-7-,13-4+. The van der Waals surface area contributed by atoms with E-state index in [1.807, 2.05) is 22.9 Å². The molecule has 1 amide bonds. The molecule has 21 heavy (non-hydrogen) atoms. The Morgan fingerprint density at radius 3 is 3.05 bits per heavy atom. The number of aromatic nitrogens is 2. The van der Waals surface area contributed by atoms with Crippen LogP contribution < -0.4 is 5.73 Å². The fraction of sp³-hybridized carbons (Fsp3) is 0.200. The first-order chi connectivity index (χ1) is 10.2. The number of hydrogen-bond acceptors (Lipinski definition) is 4. The van der Waals surface area contributed by atoms with E-state index >= 15 is 0 Å². The lowest BCUT2D eigenvalue weighted by molar-refractivity contribution is 0.0995. The number of ether oxygens (including phenoxy) is 1. The monoisotopic (exact) mass is 301 g/mol. The first kappa shape index (κ1) is 13.6. The number of carbonyl (C=O) groups is 1. The zero-order chi connectivity index (χ0) is 14.8. The van der Waals surface area contributed by atoms with Gasteiger partial charge in [0.1, 0.15) is 5.76 Å². The molecule has 2 heterocycles. The molecule has 1 aliphatic carbocycles. The van der Waals surface area contributed by atoms with Crippen LogP contribution in [0.4, 0.5) is 0 Å². The van der Waals surface area contributed by atoms with Crippen molar-refractivity contribution in [1.29, 1.82) is 0 Å². The lowest BCUT2D eigenvalue weighted by Crippen LogP contribution is -2.13. The summed E-state index contributed by atoms with van der Waals surface area (Å²) in [7, 11) is 1.65. The topological polar surface area (TPSA) is 81.0 Å². The summed E-state index contributed by atoms with van der Waals surface area (Å²) < 4.78 is 5.51. The van der Waals surface area contributed by atoms with E-state index in [4.69, 9.17) is 10.5 Å². The Kier molecular flexibility index (Phi) is 3.62. The molecule has 0 radical (unpaired) electrons. The van der Waals surface area contributed by atoms with E-state index in [0.29, 0.717) is 0 Å². The molecule has 0 aromatic carbocycles. The quantitative estimate of drug-likeness (QED) is 0.914. The fourth-order valence-corrected chi connectivity index (χ4v) is 3.09. The first-order valence-corrected chi connectivity index (χ1v) is 7.51. The molecule has 0 fully saturated rings. The summed E-state index contributed by atoms with van der Waals surface area (Å²) >= 11 is 1.61. The second kappa shape index (κ2) is 5.57. The molecule has 0 bridgehead atoms. The van der Waals surface area contributed by atoms with Gasteiger partial charge in [0.25, 0.3) is 5.91 Å². The number of aromatic amines is 1. The molecule has 5 nitrogen and oxygen atoms in total. The molecular formula is C15H15N3O2S. The van der Waals surface area contributed by atoms with Crippen molar-refractivity contribution in [3.8, 4) is 0 Å². The van der Waals surface area contributed by atoms with E-state index in [9.17, 15) is 4.79 Å². The average Bonchev–Trinajstić information content (AvgIpc) is 3.08. The molecule has 0 saturated carbocycles. The number of amides is 1. The van der Waals surface area contributed by atoms with Gasteiger partial charge >= 0.3 is 0 Å². The number of primary amides is 1. The van der Waals surface area contributed by atoms with E-state index in [1.54, 1.807) is 18.4 Å². The Hall–Kier alpha value is -2.34. The van der Waals surface area contributed by atoms with Crippen LogP contribution >= 0.6 is 11.3 Å². The fourth-order valence-electron chi connectivity index (χ4n) is 2.43. The number of rotatable bonds is 3. The van der Waals surface area contributed by atoms with Crippen LogP contribution in [0, 0.1) is 0 Å². The SMILES string of the molecule is COC1=C/CCc2[nH]nc(C(N)=O)c2/C=C\1c1ccsc1. The van der Waals surface area contributed by atoms with E-state index in [1.165, 1.54) is 0 Å². The number of thiophene rings is 1. The predicted molar refractivity (Wildman–Crippen MR) is 82.7 cm³/mol. The van der Waals surface area contributed by atoms with Crippen LogP contribution in [0.2, 0.25) is 0 Å². The van der Waals surface area contributed by atoms with Crippen molar-refractivity contribution in [2.45, 2.75) is 12.8 Å². The Morgan fingerprint density at radius 2 is 2.38 bits per heavy atom. The largest absolute Gasteiger partial charge is 0.496 e. The zero-order valence-electron chi connectivity index (χ0n) is 11.6.